The highest BCUT2D eigenvalue weighted by Gasteiger charge is 2.53. The number of rotatable bonds is 3. The maximum Gasteiger partial charge on any atom is 0.260 e. The number of carbonyl (C=O) groups excluding carboxylic acids is 2. The van der Waals surface area contributed by atoms with Gasteiger partial charge < -0.3 is 9.64 Å². The van der Waals surface area contributed by atoms with Crippen LogP contribution in [0.2, 0.25) is 5.02 Å². The monoisotopic (exact) mass is 310 g/mol. The molecule has 2 aliphatic heterocycles. The molecule has 1 aromatic carbocycles. The van der Waals surface area contributed by atoms with Gasteiger partial charge in [-0.3, -0.25) is 14.4 Å². The van der Waals surface area contributed by atoms with E-state index in [4.69, 9.17) is 21.2 Å². The van der Waals surface area contributed by atoms with E-state index in [1.165, 1.54) is 5.06 Å². The summed E-state index contributed by atoms with van der Waals surface area (Å²) in [7, 11) is 1.59. The number of halogens is 1. The Labute approximate surface area is 127 Å². The molecular weight excluding hydrogens is 296 g/mol. The molecule has 1 spiro atoms. The average molecular weight is 311 g/mol. The minimum atomic E-state index is -0.526. The molecule has 0 N–H and O–H groups in total. The number of likely N-dealkylation sites (tertiary alicyclic amines) is 1. The Morgan fingerprint density at radius 3 is 2.62 bits per heavy atom. The molecule has 0 atom stereocenters. The van der Waals surface area contributed by atoms with Crippen LogP contribution >= 0.6 is 11.6 Å². The number of ether oxygens (including phenoxy) is 1. The zero-order valence-corrected chi connectivity index (χ0v) is 12.3. The third kappa shape index (κ3) is 2.82. The van der Waals surface area contributed by atoms with Crippen molar-refractivity contribution in [3.8, 4) is 5.75 Å². The quantitative estimate of drug-likeness (QED) is 0.838. The van der Waals surface area contributed by atoms with Crippen LogP contribution in [-0.4, -0.2) is 54.1 Å². The smallest absolute Gasteiger partial charge is 0.260 e. The van der Waals surface area contributed by atoms with E-state index in [9.17, 15) is 9.59 Å². The third-order valence-electron chi connectivity index (χ3n) is 3.64. The number of carbonyl (C=O) groups is 2. The highest BCUT2D eigenvalue weighted by Crippen LogP contribution is 2.34. The Kier molecular flexibility index (Phi) is 3.51. The standard InChI is InChI=1S/C14H15ClN2O4/c1-16-12(18)6-14(21-16)8-17(9-14)13(19)7-20-11-4-2-10(15)3-5-11/h2-5H,6-9H2,1H3. The van der Waals surface area contributed by atoms with Crippen molar-refractivity contribution in [1.82, 2.24) is 9.96 Å². The molecule has 2 heterocycles. The van der Waals surface area contributed by atoms with E-state index in [2.05, 4.69) is 0 Å². The van der Waals surface area contributed by atoms with Crippen LogP contribution in [-0.2, 0) is 14.4 Å². The molecule has 0 radical (unpaired) electrons. The fraction of sp³-hybridized carbons (Fsp3) is 0.429. The minimum Gasteiger partial charge on any atom is -0.484 e. The van der Waals surface area contributed by atoms with Gasteiger partial charge in [-0.25, -0.2) is 5.06 Å². The molecule has 6 nitrogen and oxygen atoms in total. The molecule has 21 heavy (non-hydrogen) atoms. The van der Waals surface area contributed by atoms with E-state index >= 15 is 0 Å². The molecule has 3 rings (SSSR count). The summed E-state index contributed by atoms with van der Waals surface area (Å²) in [5, 5.41) is 1.86. The lowest BCUT2D eigenvalue weighted by molar-refractivity contribution is -0.226. The summed E-state index contributed by atoms with van der Waals surface area (Å²) in [6.45, 7) is 0.805. The number of hydrogen-bond donors (Lipinski definition) is 0. The molecule has 0 unspecified atom stereocenters. The van der Waals surface area contributed by atoms with Crippen LogP contribution < -0.4 is 4.74 Å². The van der Waals surface area contributed by atoms with Crippen LogP contribution in [0.1, 0.15) is 6.42 Å². The normalized spacial score (nSPS) is 19.8. The zero-order chi connectivity index (χ0) is 15.0. The fourth-order valence-electron chi connectivity index (χ4n) is 2.52. The van der Waals surface area contributed by atoms with Crippen LogP contribution in [0, 0.1) is 0 Å². The molecule has 1 aromatic rings. The van der Waals surface area contributed by atoms with Crippen molar-refractivity contribution in [2.24, 2.45) is 0 Å². The molecule has 0 aromatic heterocycles. The Balaban J connectivity index is 1.48. The molecule has 112 valence electrons. The first-order chi connectivity index (χ1) is 9.97. The summed E-state index contributed by atoms with van der Waals surface area (Å²) in [5.41, 5.74) is -0.526. The molecule has 0 bridgehead atoms. The van der Waals surface area contributed by atoms with Crippen molar-refractivity contribution in [3.05, 3.63) is 29.3 Å². The van der Waals surface area contributed by atoms with Crippen molar-refractivity contribution in [3.63, 3.8) is 0 Å². The summed E-state index contributed by atoms with van der Waals surface area (Å²) >= 11 is 5.77. The van der Waals surface area contributed by atoms with Crippen molar-refractivity contribution < 1.29 is 19.2 Å². The van der Waals surface area contributed by atoms with Crippen LogP contribution in [0.3, 0.4) is 0 Å². The van der Waals surface area contributed by atoms with Crippen LogP contribution in [0.5, 0.6) is 5.75 Å². The second-order valence-electron chi connectivity index (χ2n) is 5.33. The van der Waals surface area contributed by atoms with Crippen LogP contribution in [0.25, 0.3) is 0 Å². The summed E-state index contributed by atoms with van der Waals surface area (Å²) < 4.78 is 5.40. The maximum absolute atomic E-state index is 12.0. The lowest BCUT2D eigenvalue weighted by Crippen LogP contribution is -2.64. The van der Waals surface area contributed by atoms with Crippen LogP contribution in [0.15, 0.2) is 24.3 Å². The van der Waals surface area contributed by atoms with E-state index in [-0.39, 0.29) is 18.4 Å². The minimum absolute atomic E-state index is 0.0402. The summed E-state index contributed by atoms with van der Waals surface area (Å²) in [6.07, 6.45) is 0.325. The first-order valence-electron chi connectivity index (χ1n) is 6.59. The van der Waals surface area contributed by atoms with Gasteiger partial charge >= 0.3 is 0 Å². The SMILES string of the molecule is CN1OC2(CC1=O)CN(C(=O)COc1ccc(Cl)cc1)C2. The van der Waals surface area contributed by atoms with Crippen LogP contribution in [0.4, 0.5) is 0 Å². The summed E-state index contributed by atoms with van der Waals surface area (Å²) in [6, 6.07) is 6.82. The van der Waals surface area contributed by atoms with Crippen molar-refractivity contribution >= 4 is 23.4 Å². The molecule has 2 saturated heterocycles. The topological polar surface area (TPSA) is 59.1 Å². The Morgan fingerprint density at radius 2 is 2.05 bits per heavy atom. The lowest BCUT2D eigenvalue weighted by atomic mass is 9.91. The van der Waals surface area contributed by atoms with Gasteiger partial charge in [0.05, 0.1) is 19.5 Å². The highest BCUT2D eigenvalue weighted by atomic mass is 35.5. The third-order valence-corrected chi connectivity index (χ3v) is 3.89. The van der Waals surface area contributed by atoms with Gasteiger partial charge in [0.25, 0.3) is 5.91 Å². The number of amides is 2. The maximum atomic E-state index is 12.0. The second kappa shape index (κ2) is 5.20. The largest absolute Gasteiger partial charge is 0.484 e. The zero-order valence-electron chi connectivity index (χ0n) is 11.5. The molecule has 2 aliphatic rings. The molecule has 0 saturated carbocycles. The number of hydrogen-bond acceptors (Lipinski definition) is 4. The van der Waals surface area contributed by atoms with E-state index in [0.717, 1.165) is 0 Å². The molecule has 7 heteroatoms. The summed E-state index contributed by atoms with van der Waals surface area (Å²) in [4.78, 5) is 30.6. The highest BCUT2D eigenvalue weighted by molar-refractivity contribution is 6.30. The van der Waals surface area contributed by atoms with Gasteiger partial charge in [-0.1, -0.05) is 11.6 Å². The Hall–Kier alpha value is -1.79. The van der Waals surface area contributed by atoms with E-state index in [1.54, 1.807) is 36.2 Å². The molecule has 2 amide bonds. The van der Waals surface area contributed by atoms with Crippen molar-refractivity contribution in [1.29, 1.82) is 0 Å². The molecular formula is C14H15ClN2O4. The molecule has 0 aliphatic carbocycles. The number of hydroxylamine groups is 2. The summed E-state index contributed by atoms with van der Waals surface area (Å²) in [5.74, 6) is 0.413. The van der Waals surface area contributed by atoms with Gasteiger partial charge in [0, 0.05) is 12.1 Å². The fourth-order valence-corrected chi connectivity index (χ4v) is 2.65. The Morgan fingerprint density at radius 1 is 1.38 bits per heavy atom. The van der Waals surface area contributed by atoms with Gasteiger partial charge in [-0.15, -0.1) is 0 Å². The first kappa shape index (κ1) is 14.2. The van der Waals surface area contributed by atoms with Crippen molar-refractivity contribution in [2.45, 2.75) is 12.0 Å². The van der Waals surface area contributed by atoms with Gasteiger partial charge in [0.15, 0.2) is 6.61 Å². The number of benzene rings is 1. The van der Waals surface area contributed by atoms with E-state index in [0.29, 0.717) is 30.3 Å². The van der Waals surface area contributed by atoms with E-state index < -0.39 is 5.60 Å². The van der Waals surface area contributed by atoms with Gasteiger partial charge in [-0.2, -0.15) is 0 Å². The predicted molar refractivity (Wildman–Crippen MR) is 74.7 cm³/mol. The van der Waals surface area contributed by atoms with Gasteiger partial charge in [0.1, 0.15) is 11.4 Å². The van der Waals surface area contributed by atoms with E-state index in [1.807, 2.05) is 0 Å². The van der Waals surface area contributed by atoms with Crippen molar-refractivity contribution in [2.75, 3.05) is 26.7 Å². The lowest BCUT2D eigenvalue weighted by Gasteiger charge is -2.45. The predicted octanol–water partition coefficient (Wildman–Crippen LogP) is 1.09. The Bertz CT molecular complexity index is 569. The van der Waals surface area contributed by atoms with Gasteiger partial charge in [0.2, 0.25) is 5.91 Å². The number of nitrogens with zero attached hydrogens (tertiary/aromatic N) is 2. The first-order valence-corrected chi connectivity index (χ1v) is 6.97. The average Bonchev–Trinajstić information content (AvgIpc) is 2.72. The van der Waals surface area contributed by atoms with Gasteiger partial charge in [-0.05, 0) is 24.3 Å². The second-order valence-corrected chi connectivity index (χ2v) is 5.77. The molecule has 2 fully saturated rings.